The topological polar surface area (TPSA) is 55.5 Å². The minimum Gasteiger partial charge on any atom is -0.491 e. The molecule has 0 saturated heterocycles. The van der Waals surface area contributed by atoms with E-state index in [0.717, 1.165) is 25.0 Å². The van der Waals surface area contributed by atoms with Crippen molar-refractivity contribution in [3.63, 3.8) is 0 Å². The van der Waals surface area contributed by atoms with E-state index in [1.807, 2.05) is 12.1 Å². The first-order valence-corrected chi connectivity index (χ1v) is 6.19. The van der Waals surface area contributed by atoms with Gasteiger partial charge in [0, 0.05) is 6.04 Å². The summed E-state index contributed by atoms with van der Waals surface area (Å²) in [6.45, 7) is 3.76. The van der Waals surface area contributed by atoms with Gasteiger partial charge in [-0.3, -0.25) is 0 Å². The molecule has 0 bridgehead atoms. The first-order chi connectivity index (χ1) is 7.96. The van der Waals surface area contributed by atoms with Gasteiger partial charge in [-0.05, 0) is 56.4 Å². The highest BCUT2D eigenvalue weighted by atomic mass is 16.5. The van der Waals surface area contributed by atoms with Gasteiger partial charge in [0.2, 0.25) is 0 Å². The van der Waals surface area contributed by atoms with Crippen molar-refractivity contribution < 1.29 is 9.84 Å². The minimum absolute atomic E-state index is 0.129. The molecule has 0 radical (unpaired) electrons. The summed E-state index contributed by atoms with van der Waals surface area (Å²) in [4.78, 5) is 0. The molecule has 3 nitrogen and oxygen atoms in total. The molecule has 1 atom stereocenters. The Balaban J connectivity index is 2.12. The fourth-order valence-corrected chi connectivity index (χ4v) is 2.16. The number of rotatable bonds is 3. The summed E-state index contributed by atoms with van der Waals surface area (Å²) in [5.74, 6) is 0.795. The van der Waals surface area contributed by atoms with E-state index < -0.39 is 5.60 Å². The van der Waals surface area contributed by atoms with Crippen LogP contribution in [0.2, 0.25) is 0 Å². The van der Waals surface area contributed by atoms with Gasteiger partial charge in [-0.15, -0.1) is 0 Å². The highest BCUT2D eigenvalue weighted by Crippen LogP contribution is 2.31. The van der Waals surface area contributed by atoms with Crippen LogP contribution in [0.1, 0.15) is 43.9 Å². The van der Waals surface area contributed by atoms with E-state index in [1.54, 1.807) is 13.8 Å². The lowest BCUT2D eigenvalue weighted by atomic mass is 9.88. The molecule has 3 heteroatoms. The average molecular weight is 235 g/mol. The number of aliphatic hydroxyl groups is 1. The Morgan fingerprint density at radius 3 is 2.94 bits per heavy atom. The van der Waals surface area contributed by atoms with Crippen LogP contribution >= 0.6 is 0 Å². The number of fused-ring (bicyclic) bond motifs is 1. The molecule has 0 amide bonds. The first-order valence-electron chi connectivity index (χ1n) is 6.19. The molecular formula is C14H21NO2. The number of nitrogens with two attached hydrogens (primary N) is 1. The highest BCUT2D eigenvalue weighted by Gasteiger charge is 2.18. The maximum Gasteiger partial charge on any atom is 0.119 e. The van der Waals surface area contributed by atoms with Gasteiger partial charge < -0.3 is 15.6 Å². The summed E-state index contributed by atoms with van der Waals surface area (Å²) < 4.78 is 5.58. The Labute approximate surface area is 103 Å². The van der Waals surface area contributed by atoms with E-state index in [0.29, 0.717) is 6.61 Å². The minimum atomic E-state index is -0.808. The van der Waals surface area contributed by atoms with Crippen LogP contribution in [0.25, 0.3) is 0 Å². The number of aryl methyl sites for hydroxylation is 1. The zero-order chi connectivity index (χ0) is 12.5. The molecule has 1 aromatic rings. The van der Waals surface area contributed by atoms with Gasteiger partial charge in [0.05, 0.1) is 5.60 Å². The molecule has 0 fully saturated rings. The molecule has 1 aliphatic carbocycles. The van der Waals surface area contributed by atoms with Crippen molar-refractivity contribution in [3.8, 4) is 5.75 Å². The molecular weight excluding hydrogens is 214 g/mol. The quantitative estimate of drug-likeness (QED) is 0.844. The highest BCUT2D eigenvalue weighted by molar-refractivity contribution is 5.39. The third-order valence-electron chi connectivity index (χ3n) is 3.07. The van der Waals surface area contributed by atoms with E-state index in [1.165, 1.54) is 11.1 Å². The van der Waals surface area contributed by atoms with Crippen LogP contribution in [-0.4, -0.2) is 17.3 Å². The third kappa shape index (κ3) is 3.20. The van der Waals surface area contributed by atoms with Gasteiger partial charge in [-0.2, -0.15) is 0 Å². The number of hydrogen-bond donors (Lipinski definition) is 2. The lowest BCUT2D eigenvalue weighted by Gasteiger charge is -2.24. The number of hydrogen-bond acceptors (Lipinski definition) is 3. The molecule has 0 saturated carbocycles. The summed E-state index contributed by atoms with van der Waals surface area (Å²) in [5.41, 5.74) is 7.82. The molecule has 17 heavy (non-hydrogen) atoms. The van der Waals surface area contributed by atoms with Crippen molar-refractivity contribution in [2.75, 3.05) is 6.61 Å². The fraction of sp³-hybridized carbons (Fsp3) is 0.571. The van der Waals surface area contributed by atoms with Crippen LogP contribution in [0.15, 0.2) is 18.2 Å². The van der Waals surface area contributed by atoms with Gasteiger partial charge in [0.1, 0.15) is 12.4 Å². The molecule has 1 unspecified atom stereocenters. The van der Waals surface area contributed by atoms with Gasteiger partial charge >= 0.3 is 0 Å². The van der Waals surface area contributed by atoms with Crippen LogP contribution < -0.4 is 10.5 Å². The van der Waals surface area contributed by atoms with E-state index in [-0.39, 0.29) is 6.04 Å². The fourth-order valence-electron chi connectivity index (χ4n) is 2.16. The Kier molecular flexibility index (Phi) is 3.40. The second kappa shape index (κ2) is 4.67. The van der Waals surface area contributed by atoms with E-state index in [4.69, 9.17) is 10.5 Å². The van der Waals surface area contributed by atoms with Crippen LogP contribution in [0.5, 0.6) is 5.75 Å². The molecule has 1 aromatic carbocycles. The third-order valence-corrected chi connectivity index (χ3v) is 3.07. The predicted octanol–water partition coefficient (Wildman–Crippen LogP) is 2.17. The Hall–Kier alpha value is -1.06. The zero-order valence-corrected chi connectivity index (χ0v) is 10.6. The SMILES string of the molecule is CC(C)(O)COc1ccc2c(c1)C(N)CCC2. The summed E-state index contributed by atoms with van der Waals surface area (Å²) in [5, 5.41) is 9.62. The molecule has 0 heterocycles. The predicted molar refractivity (Wildman–Crippen MR) is 68.1 cm³/mol. The van der Waals surface area contributed by atoms with Crippen LogP contribution in [-0.2, 0) is 6.42 Å². The Bertz CT molecular complexity index is 396. The average Bonchev–Trinajstić information content (AvgIpc) is 2.26. The van der Waals surface area contributed by atoms with Gasteiger partial charge in [0.15, 0.2) is 0 Å². The lowest BCUT2D eigenvalue weighted by Crippen LogP contribution is -2.28. The number of benzene rings is 1. The Morgan fingerprint density at radius 2 is 2.24 bits per heavy atom. The lowest BCUT2D eigenvalue weighted by molar-refractivity contribution is 0.0284. The largest absolute Gasteiger partial charge is 0.491 e. The second-order valence-corrected chi connectivity index (χ2v) is 5.46. The second-order valence-electron chi connectivity index (χ2n) is 5.46. The molecule has 2 rings (SSSR count). The first kappa shape index (κ1) is 12.4. The maximum atomic E-state index is 9.62. The smallest absolute Gasteiger partial charge is 0.119 e. The van der Waals surface area contributed by atoms with Gasteiger partial charge in [-0.25, -0.2) is 0 Å². The van der Waals surface area contributed by atoms with E-state index in [9.17, 15) is 5.11 Å². The van der Waals surface area contributed by atoms with Crippen LogP contribution in [0, 0.1) is 0 Å². The van der Waals surface area contributed by atoms with Crippen molar-refractivity contribution in [2.24, 2.45) is 5.73 Å². The molecule has 0 spiro atoms. The molecule has 0 aliphatic heterocycles. The normalized spacial score (nSPS) is 19.9. The molecule has 3 N–H and O–H groups in total. The summed E-state index contributed by atoms with van der Waals surface area (Å²) >= 11 is 0. The van der Waals surface area contributed by atoms with Crippen molar-refractivity contribution in [1.82, 2.24) is 0 Å². The zero-order valence-electron chi connectivity index (χ0n) is 10.6. The van der Waals surface area contributed by atoms with Gasteiger partial charge in [-0.1, -0.05) is 6.07 Å². The van der Waals surface area contributed by atoms with Crippen molar-refractivity contribution >= 4 is 0 Å². The van der Waals surface area contributed by atoms with E-state index >= 15 is 0 Å². The van der Waals surface area contributed by atoms with Crippen LogP contribution in [0.3, 0.4) is 0 Å². The summed E-state index contributed by atoms with van der Waals surface area (Å²) in [7, 11) is 0. The monoisotopic (exact) mass is 235 g/mol. The number of ether oxygens (including phenoxy) is 1. The molecule has 94 valence electrons. The molecule has 1 aliphatic rings. The van der Waals surface area contributed by atoms with E-state index in [2.05, 4.69) is 6.07 Å². The molecule has 0 aromatic heterocycles. The van der Waals surface area contributed by atoms with Gasteiger partial charge in [0.25, 0.3) is 0 Å². The standard InChI is InChI=1S/C14H21NO2/c1-14(2,16)9-17-11-7-6-10-4-3-5-13(15)12(10)8-11/h6-8,13,16H,3-5,9,15H2,1-2H3. The van der Waals surface area contributed by atoms with Crippen molar-refractivity contribution in [1.29, 1.82) is 0 Å². The maximum absolute atomic E-state index is 9.62. The Morgan fingerprint density at radius 1 is 1.47 bits per heavy atom. The van der Waals surface area contributed by atoms with Crippen molar-refractivity contribution in [3.05, 3.63) is 29.3 Å². The summed E-state index contributed by atoms with van der Waals surface area (Å²) in [6.07, 6.45) is 3.31. The van der Waals surface area contributed by atoms with Crippen molar-refractivity contribution in [2.45, 2.75) is 44.8 Å². The summed E-state index contributed by atoms with van der Waals surface area (Å²) in [6, 6.07) is 6.20. The van der Waals surface area contributed by atoms with Crippen LogP contribution in [0.4, 0.5) is 0 Å².